The summed E-state index contributed by atoms with van der Waals surface area (Å²) in [6.45, 7) is 9.35. The highest BCUT2D eigenvalue weighted by Crippen LogP contribution is 2.13. The maximum atomic E-state index is 12.0. The molecule has 28 heavy (non-hydrogen) atoms. The van der Waals surface area contributed by atoms with Gasteiger partial charge in [-0.2, -0.15) is 0 Å². The molecule has 6 heteroatoms. The molecule has 1 saturated heterocycles. The van der Waals surface area contributed by atoms with Gasteiger partial charge in [-0.3, -0.25) is 9.69 Å². The molecule has 0 aliphatic carbocycles. The SMILES string of the molecule is Cc1ccc(NC(=O)COc2ccc(CNCCN3CCNCC3)cc2)cc1. The summed E-state index contributed by atoms with van der Waals surface area (Å²) in [6.07, 6.45) is 0. The van der Waals surface area contributed by atoms with Crippen LogP contribution in [0.1, 0.15) is 11.1 Å². The molecule has 2 aromatic rings. The smallest absolute Gasteiger partial charge is 0.262 e. The molecule has 1 aliphatic rings. The predicted octanol–water partition coefficient (Wildman–Crippen LogP) is 2.01. The lowest BCUT2D eigenvalue weighted by atomic mass is 10.2. The molecule has 0 radical (unpaired) electrons. The number of nitrogens with one attached hydrogen (secondary N) is 3. The Labute approximate surface area is 167 Å². The zero-order valence-corrected chi connectivity index (χ0v) is 16.5. The van der Waals surface area contributed by atoms with E-state index in [0.29, 0.717) is 5.75 Å². The van der Waals surface area contributed by atoms with E-state index in [9.17, 15) is 4.79 Å². The van der Waals surface area contributed by atoms with E-state index in [1.165, 1.54) is 5.56 Å². The predicted molar refractivity (Wildman–Crippen MR) is 113 cm³/mol. The van der Waals surface area contributed by atoms with Crippen LogP contribution in [0.15, 0.2) is 48.5 Å². The van der Waals surface area contributed by atoms with Gasteiger partial charge in [0.2, 0.25) is 0 Å². The number of nitrogens with zero attached hydrogens (tertiary/aromatic N) is 1. The molecule has 1 amide bonds. The first kappa shape index (κ1) is 20.3. The van der Waals surface area contributed by atoms with Gasteiger partial charge in [-0.25, -0.2) is 0 Å². The summed E-state index contributed by atoms with van der Waals surface area (Å²) in [5.41, 5.74) is 3.14. The second-order valence-electron chi connectivity index (χ2n) is 7.12. The molecule has 0 bridgehead atoms. The van der Waals surface area contributed by atoms with Crippen molar-refractivity contribution in [3.63, 3.8) is 0 Å². The Morgan fingerprint density at radius 2 is 1.79 bits per heavy atom. The van der Waals surface area contributed by atoms with E-state index in [2.05, 4.69) is 20.9 Å². The van der Waals surface area contributed by atoms with Gasteiger partial charge >= 0.3 is 0 Å². The van der Waals surface area contributed by atoms with Gasteiger partial charge in [0.05, 0.1) is 0 Å². The van der Waals surface area contributed by atoms with Crippen LogP contribution in [0.2, 0.25) is 0 Å². The Balaban J connectivity index is 1.33. The summed E-state index contributed by atoms with van der Waals surface area (Å²) in [6, 6.07) is 15.6. The van der Waals surface area contributed by atoms with E-state index in [-0.39, 0.29) is 12.5 Å². The number of rotatable bonds is 9. The first-order valence-corrected chi connectivity index (χ1v) is 9.91. The number of carbonyl (C=O) groups excluding carboxylic acids is 1. The summed E-state index contributed by atoms with van der Waals surface area (Å²) < 4.78 is 5.58. The van der Waals surface area contributed by atoms with Gasteiger partial charge in [-0.15, -0.1) is 0 Å². The summed E-state index contributed by atoms with van der Waals surface area (Å²) in [4.78, 5) is 14.5. The zero-order chi connectivity index (χ0) is 19.6. The lowest BCUT2D eigenvalue weighted by molar-refractivity contribution is -0.118. The van der Waals surface area contributed by atoms with E-state index in [1.54, 1.807) is 0 Å². The Hall–Kier alpha value is -2.41. The molecule has 1 heterocycles. The summed E-state index contributed by atoms with van der Waals surface area (Å²) >= 11 is 0. The topological polar surface area (TPSA) is 65.6 Å². The van der Waals surface area contributed by atoms with Crippen molar-refractivity contribution >= 4 is 11.6 Å². The van der Waals surface area contributed by atoms with Gasteiger partial charge in [0.1, 0.15) is 5.75 Å². The average molecular weight is 383 g/mol. The molecule has 0 spiro atoms. The number of carbonyl (C=O) groups is 1. The maximum absolute atomic E-state index is 12.0. The molecular weight excluding hydrogens is 352 g/mol. The van der Waals surface area contributed by atoms with Crippen molar-refractivity contribution in [3.8, 4) is 5.75 Å². The van der Waals surface area contributed by atoms with Gasteiger partial charge in [-0.1, -0.05) is 29.8 Å². The number of amides is 1. The van der Waals surface area contributed by atoms with E-state index < -0.39 is 0 Å². The second kappa shape index (κ2) is 10.8. The Kier molecular flexibility index (Phi) is 7.84. The lowest BCUT2D eigenvalue weighted by Gasteiger charge is -2.27. The van der Waals surface area contributed by atoms with Crippen molar-refractivity contribution in [2.75, 3.05) is 51.2 Å². The van der Waals surface area contributed by atoms with Gasteiger partial charge in [-0.05, 0) is 36.8 Å². The molecule has 3 N–H and O–H groups in total. The van der Waals surface area contributed by atoms with Crippen LogP contribution in [0.5, 0.6) is 5.75 Å². The molecule has 6 nitrogen and oxygen atoms in total. The minimum atomic E-state index is -0.164. The van der Waals surface area contributed by atoms with Gasteiger partial charge in [0, 0.05) is 51.5 Å². The van der Waals surface area contributed by atoms with E-state index in [0.717, 1.165) is 57.1 Å². The van der Waals surface area contributed by atoms with Gasteiger partial charge in [0.15, 0.2) is 6.61 Å². The number of hydrogen-bond acceptors (Lipinski definition) is 5. The average Bonchev–Trinajstić information content (AvgIpc) is 2.73. The minimum Gasteiger partial charge on any atom is -0.484 e. The summed E-state index contributed by atoms with van der Waals surface area (Å²) in [5.74, 6) is 0.533. The molecule has 3 rings (SSSR count). The number of benzene rings is 2. The Morgan fingerprint density at radius 1 is 1.07 bits per heavy atom. The first-order valence-electron chi connectivity index (χ1n) is 9.91. The Morgan fingerprint density at radius 3 is 2.50 bits per heavy atom. The van der Waals surface area contributed by atoms with E-state index >= 15 is 0 Å². The highest BCUT2D eigenvalue weighted by molar-refractivity contribution is 5.91. The van der Waals surface area contributed by atoms with Crippen LogP contribution in [0.4, 0.5) is 5.69 Å². The summed E-state index contributed by atoms with van der Waals surface area (Å²) in [7, 11) is 0. The van der Waals surface area contributed by atoms with Crippen molar-refractivity contribution in [1.82, 2.24) is 15.5 Å². The fourth-order valence-corrected chi connectivity index (χ4v) is 3.09. The van der Waals surface area contributed by atoms with Crippen molar-refractivity contribution in [1.29, 1.82) is 0 Å². The first-order chi connectivity index (χ1) is 13.7. The van der Waals surface area contributed by atoms with Crippen LogP contribution in [0, 0.1) is 6.92 Å². The molecule has 0 saturated carbocycles. The third kappa shape index (κ3) is 6.96. The largest absolute Gasteiger partial charge is 0.484 e. The molecule has 150 valence electrons. The van der Waals surface area contributed by atoms with Crippen LogP contribution in [0.3, 0.4) is 0 Å². The van der Waals surface area contributed by atoms with Crippen molar-refractivity contribution < 1.29 is 9.53 Å². The standard InChI is InChI=1S/C22H30N4O2/c1-18-2-6-20(7-3-18)25-22(27)17-28-21-8-4-19(5-9-21)16-24-12-15-26-13-10-23-11-14-26/h2-9,23-24H,10-17H2,1H3,(H,25,27). The van der Waals surface area contributed by atoms with Crippen LogP contribution in [0.25, 0.3) is 0 Å². The van der Waals surface area contributed by atoms with Crippen molar-refractivity contribution in [2.24, 2.45) is 0 Å². The molecule has 2 aromatic carbocycles. The number of piperazine rings is 1. The highest BCUT2D eigenvalue weighted by Gasteiger charge is 2.08. The molecule has 1 aliphatic heterocycles. The lowest BCUT2D eigenvalue weighted by Crippen LogP contribution is -2.45. The second-order valence-corrected chi connectivity index (χ2v) is 7.12. The van der Waals surface area contributed by atoms with Gasteiger partial charge in [0.25, 0.3) is 5.91 Å². The maximum Gasteiger partial charge on any atom is 0.262 e. The number of aryl methyl sites for hydroxylation is 1. The third-order valence-corrected chi connectivity index (χ3v) is 4.77. The number of ether oxygens (including phenoxy) is 1. The number of hydrogen-bond donors (Lipinski definition) is 3. The fraction of sp³-hybridized carbons (Fsp3) is 0.409. The molecule has 1 fully saturated rings. The van der Waals surface area contributed by atoms with Crippen molar-refractivity contribution in [3.05, 3.63) is 59.7 Å². The van der Waals surface area contributed by atoms with Crippen LogP contribution in [-0.2, 0) is 11.3 Å². The van der Waals surface area contributed by atoms with Crippen LogP contribution >= 0.6 is 0 Å². The number of anilines is 1. The normalized spacial score (nSPS) is 14.6. The minimum absolute atomic E-state index is 0.00380. The molecule has 0 atom stereocenters. The fourth-order valence-electron chi connectivity index (χ4n) is 3.09. The van der Waals surface area contributed by atoms with Gasteiger partial charge < -0.3 is 20.7 Å². The Bertz CT molecular complexity index is 725. The van der Waals surface area contributed by atoms with Crippen LogP contribution < -0.4 is 20.7 Å². The molecular formula is C22H30N4O2. The highest BCUT2D eigenvalue weighted by atomic mass is 16.5. The summed E-state index contributed by atoms with van der Waals surface area (Å²) in [5, 5.41) is 9.68. The van der Waals surface area contributed by atoms with Crippen LogP contribution in [-0.4, -0.2) is 56.7 Å². The zero-order valence-electron chi connectivity index (χ0n) is 16.5. The molecule has 0 aromatic heterocycles. The quantitative estimate of drug-likeness (QED) is 0.579. The van der Waals surface area contributed by atoms with Crippen molar-refractivity contribution in [2.45, 2.75) is 13.5 Å². The third-order valence-electron chi connectivity index (χ3n) is 4.77. The molecule has 0 unspecified atom stereocenters. The van der Waals surface area contributed by atoms with E-state index in [4.69, 9.17) is 4.74 Å². The monoisotopic (exact) mass is 382 g/mol. The van der Waals surface area contributed by atoms with E-state index in [1.807, 2.05) is 55.5 Å².